The van der Waals surface area contributed by atoms with Crippen LogP contribution >= 0.6 is 0 Å². The summed E-state index contributed by atoms with van der Waals surface area (Å²) in [5.74, 6) is -1.14. The Morgan fingerprint density at radius 1 is 1.04 bits per heavy atom. The number of benzene rings is 2. The number of ether oxygens (including phenoxy) is 1. The van der Waals surface area contributed by atoms with Crippen molar-refractivity contribution in [3.05, 3.63) is 59.7 Å². The van der Waals surface area contributed by atoms with Crippen LogP contribution in [0.2, 0.25) is 0 Å². The van der Waals surface area contributed by atoms with Crippen molar-refractivity contribution in [1.29, 1.82) is 10.9 Å². The molecule has 0 spiro atoms. The minimum atomic E-state index is -1.03. The van der Waals surface area contributed by atoms with E-state index in [1.807, 2.05) is 0 Å². The monoisotopic (exact) mass is 326 g/mol. The maximum atomic E-state index is 12.1. The van der Waals surface area contributed by atoms with E-state index in [1.54, 1.807) is 24.3 Å². The zero-order valence-electron chi connectivity index (χ0n) is 12.4. The SMILES string of the molecule is N=NC(=N)COc1ccc(C(=O)Nc2ccc(C(=O)O)cc2)cc1. The lowest BCUT2D eigenvalue weighted by Gasteiger charge is -2.07. The molecular weight excluding hydrogens is 312 g/mol. The Morgan fingerprint density at radius 3 is 2.17 bits per heavy atom. The van der Waals surface area contributed by atoms with Gasteiger partial charge < -0.3 is 15.2 Å². The predicted octanol–water partition coefficient (Wildman–Crippen LogP) is 3.02. The van der Waals surface area contributed by atoms with Crippen molar-refractivity contribution in [2.75, 3.05) is 11.9 Å². The van der Waals surface area contributed by atoms with Gasteiger partial charge in [0.15, 0.2) is 5.84 Å². The molecule has 122 valence electrons. The molecule has 0 radical (unpaired) electrons. The molecule has 4 N–H and O–H groups in total. The number of carbonyl (C=O) groups excluding carboxylic acids is 1. The van der Waals surface area contributed by atoms with Crippen LogP contribution in [0.5, 0.6) is 5.75 Å². The molecule has 2 rings (SSSR count). The highest BCUT2D eigenvalue weighted by Gasteiger charge is 2.08. The van der Waals surface area contributed by atoms with Crippen molar-refractivity contribution in [2.45, 2.75) is 0 Å². The summed E-state index contributed by atoms with van der Waals surface area (Å²) in [5, 5.41) is 21.6. The van der Waals surface area contributed by atoms with Crippen molar-refractivity contribution in [1.82, 2.24) is 0 Å². The highest BCUT2D eigenvalue weighted by molar-refractivity contribution is 6.04. The van der Waals surface area contributed by atoms with E-state index in [0.29, 0.717) is 17.0 Å². The largest absolute Gasteiger partial charge is 0.486 e. The molecule has 1 amide bonds. The van der Waals surface area contributed by atoms with Gasteiger partial charge in [0.1, 0.15) is 12.4 Å². The Hall–Kier alpha value is -3.55. The zero-order valence-corrected chi connectivity index (χ0v) is 12.4. The van der Waals surface area contributed by atoms with Gasteiger partial charge in [-0.25, -0.2) is 10.3 Å². The van der Waals surface area contributed by atoms with Crippen molar-refractivity contribution in [3.8, 4) is 5.75 Å². The lowest BCUT2D eigenvalue weighted by atomic mass is 10.2. The maximum absolute atomic E-state index is 12.1. The van der Waals surface area contributed by atoms with Gasteiger partial charge in [0.2, 0.25) is 0 Å². The van der Waals surface area contributed by atoms with Crippen LogP contribution in [-0.4, -0.2) is 29.4 Å². The fourth-order valence-corrected chi connectivity index (χ4v) is 1.79. The molecule has 0 saturated heterocycles. The molecule has 0 fully saturated rings. The van der Waals surface area contributed by atoms with Gasteiger partial charge in [0.25, 0.3) is 5.91 Å². The van der Waals surface area contributed by atoms with Crippen molar-refractivity contribution < 1.29 is 19.4 Å². The third-order valence-corrected chi connectivity index (χ3v) is 3.02. The number of rotatable bonds is 6. The number of carbonyl (C=O) groups is 2. The molecule has 0 aliphatic rings. The molecule has 0 heterocycles. The minimum absolute atomic E-state index is 0.120. The normalized spacial score (nSPS) is 9.83. The second-order valence-electron chi connectivity index (χ2n) is 4.71. The first-order valence-electron chi connectivity index (χ1n) is 6.82. The fraction of sp³-hybridized carbons (Fsp3) is 0.0625. The maximum Gasteiger partial charge on any atom is 0.335 e. The van der Waals surface area contributed by atoms with E-state index in [0.717, 1.165) is 0 Å². The minimum Gasteiger partial charge on any atom is -0.486 e. The summed E-state index contributed by atoms with van der Waals surface area (Å²) < 4.78 is 5.22. The molecule has 0 aliphatic carbocycles. The van der Waals surface area contributed by atoms with Crippen LogP contribution in [0.1, 0.15) is 20.7 Å². The van der Waals surface area contributed by atoms with Crippen molar-refractivity contribution in [2.24, 2.45) is 5.11 Å². The van der Waals surface area contributed by atoms with Gasteiger partial charge in [-0.2, -0.15) is 0 Å². The van der Waals surface area contributed by atoms with E-state index in [1.165, 1.54) is 24.3 Å². The topological polar surface area (TPSA) is 136 Å². The molecule has 0 aromatic heterocycles. The van der Waals surface area contributed by atoms with E-state index < -0.39 is 5.97 Å². The summed E-state index contributed by atoms with van der Waals surface area (Å²) in [6, 6.07) is 12.1. The molecular formula is C16H14N4O4. The molecule has 0 unspecified atom stereocenters. The van der Waals surface area contributed by atoms with Crippen LogP contribution in [0, 0.1) is 10.9 Å². The van der Waals surface area contributed by atoms with Gasteiger partial charge in [0.05, 0.1) is 5.56 Å². The van der Waals surface area contributed by atoms with Crippen molar-refractivity contribution >= 4 is 23.4 Å². The summed E-state index contributed by atoms with van der Waals surface area (Å²) in [6.07, 6.45) is 0. The molecule has 0 aliphatic heterocycles. The number of aromatic carboxylic acids is 1. The van der Waals surface area contributed by atoms with Gasteiger partial charge in [-0.1, -0.05) is 0 Å². The van der Waals surface area contributed by atoms with Crippen LogP contribution in [0.4, 0.5) is 5.69 Å². The summed E-state index contributed by atoms with van der Waals surface area (Å²) in [4.78, 5) is 22.9. The predicted molar refractivity (Wildman–Crippen MR) is 86.2 cm³/mol. The highest BCUT2D eigenvalue weighted by atomic mass is 16.5. The average Bonchev–Trinajstić information content (AvgIpc) is 2.60. The molecule has 2 aromatic carbocycles. The number of hydrogen-bond acceptors (Lipinski definition) is 5. The van der Waals surface area contributed by atoms with Gasteiger partial charge in [-0.3, -0.25) is 10.2 Å². The first-order chi connectivity index (χ1) is 11.5. The first-order valence-corrected chi connectivity index (χ1v) is 6.82. The number of nitrogens with zero attached hydrogens (tertiary/aromatic N) is 1. The summed E-state index contributed by atoms with van der Waals surface area (Å²) in [5.41, 5.74) is 7.66. The van der Waals surface area contributed by atoms with Gasteiger partial charge in [-0.15, -0.1) is 5.11 Å². The molecule has 8 nitrogen and oxygen atoms in total. The Morgan fingerprint density at radius 2 is 1.62 bits per heavy atom. The van der Waals surface area contributed by atoms with Crippen LogP contribution in [0.15, 0.2) is 53.6 Å². The Bertz CT molecular complexity index is 770. The molecule has 0 saturated carbocycles. The standard InChI is InChI=1S/C16H14N4O4/c17-14(20-18)9-24-13-7-3-10(4-8-13)15(21)19-12-5-1-11(2-6-12)16(22)23/h1-8,17-18H,9H2,(H,19,21)(H,22,23). The smallest absolute Gasteiger partial charge is 0.335 e. The molecule has 8 heteroatoms. The fourth-order valence-electron chi connectivity index (χ4n) is 1.79. The third-order valence-electron chi connectivity index (χ3n) is 3.02. The van der Waals surface area contributed by atoms with Crippen molar-refractivity contribution in [3.63, 3.8) is 0 Å². The molecule has 2 aromatic rings. The number of carboxylic acid groups (broad SMARTS) is 1. The summed E-state index contributed by atoms with van der Waals surface area (Å²) in [6.45, 7) is -0.120. The van der Waals surface area contributed by atoms with Gasteiger partial charge in [-0.05, 0) is 48.5 Å². The first kappa shape index (κ1) is 16.8. The molecule has 0 bridgehead atoms. The Labute approximate surface area is 137 Å². The lowest BCUT2D eigenvalue weighted by Crippen LogP contribution is -2.12. The number of amidine groups is 1. The summed E-state index contributed by atoms with van der Waals surface area (Å²) >= 11 is 0. The van der Waals surface area contributed by atoms with E-state index in [4.69, 9.17) is 20.8 Å². The highest BCUT2D eigenvalue weighted by Crippen LogP contribution is 2.15. The van der Waals surface area contributed by atoms with E-state index in [-0.39, 0.29) is 23.9 Å². The van der Waals surface area contributed by atoms with Crippen LogP contribution < -0.4 is 10.1 Å². The van der Waals surface area contributed by atoms with Crippen LogP contribution in [0.25, 0.3) is 0 Å². The van der Waals surface area contributed by atoms with Gasteiger partial charge in [0, 0.05) is 11.3 Å². The second-order valence-corrected chi connectivity index (χ2v) is 4.71. The molecule has 24 heavy (non-hydrogen) atoms. The average molecular weight is 326 g/mol. The van der Waals surface area contributed by atoms with Gasteiger partial charge >= 0.3 is 5.97 Å². The van der Waals surface area contributed by atoms with E-state index in [9.17, 15) is 9.59 Å². The Kier molecular flexibility index (Phi) is 5.35. The van der Waals surface area contributed by atoms with E-state index >= 15 is 0 Å². The number of amides is 1. The second kappa shape index (κ2) is 7.63. The Balaban J connectivity index is 1.98. The van der Waals surface area contributed by atoms with Crippen LogP contribution in [0.3, 0.4) is 0 Å². The third kappa shape index (κ3) is 4.47. The van der Waals surface area contributed by atoms with Crippen LogP contribution in [-0.2, 0) is 0 Å². The number of hydrogen-bond donors (Lipinski definition) is 4. The quantitative estimate of drug-likeness (QED) is 0.368. The zero-order chi connectivity index (χ0) is 17.5. The number of carboxylic acids is 1. The number of nitrogens with one attached hydrogen (secondary N) is 3. The number of anilines is 1. The summed E-state index contributed by atoms with van der Waals surface area (Å²) in [7, 11) is 0. The molecule has 0 atom stereocenters. The lowest BCUT2D eigenvalue weighted by molar-refractivity contribution is 0.0696. The van der Waals surface area contributed by atoms with E-state index in [2.05, 4.69) is 10.4 Å².